The highest BCUT2D eigenvalue weighted by Gasteiger charge is 2.15. The first-order valence-electron chi connectivity index (χ1n) is 3.81. The van der Waals surface area contributed by atoms with Gasteiger partial charge in [-0.25, -0.2) is 0 Å². The number of hydrogen-bond donors (Lipinski definition) is 1. The smallest absolute Gasteiger partial charge is 0.149 e. The lowest BCUT2D eigenvalue weighted by Crippen LogP contribution is -2.35. The largest absolute Gasteiger partial charge is 0.310 e. The van der Waals surface area contributed by atoms with Crippen molar-refractivity contribution in [1.82, 2.24) is 5.32 Å². The van der Waals surface area contributed by atoms with Crippen LogP contribution in [0.15, 0.2) is 0 Å². The topological polar surface area (TPSA) is 46.2 Å². The van der Waals surface area contributed by atoms with Gasteiger partial charge in [-0.2, -0.15) is 0 Å². The van der Waals surface area contributed by atoms with Gasteiger partial charge in [0.2, 0.25) is 0 Å². The lowest BCUT2D eigenvalue weighted by molar-refractivity contribution is -0.125. The number of nitrogens with one attached hydrogen (secondary N) is 1. The van der Waals surface area contributed by atoms with Gasteiger partial charge in [0.1, 0.15) is 11.6 Å². The number of hydrogen-bond acceptors (Lipinski definition) is 3. The monoisotopic (exact) mass is 157 g/mol. The summed E-state index contributed by atoms with van der Waals surface area (Å²) in [6, 6.07) is -0.280. The van der Waals surface area contributed by atoms with Gasteiger partial charge in [-0.1, -0.05) is 6.92 Å². The van der Waals surface area contributed by atoms with Gasteiger partial charge < -0.3 is 5.32 Å². The second kappa shape index (κ2) is 5.02. The highest BCUT2D eigenvalue weighted by molar-refractivity contribution is 5.89. The maximum absolute atomic E-state index is 11.1. The molecule has 3 nitrogen and oxygen atoms in total. The second-order valence-electron chi connectivity index (χ2n) is 2.57. The Balaban J connectivity index is 3.94. The highest BCUT2D eigenvalue weighted by atomic mass is 16.1. The summed E-state index contributed by atoms with van der Waals surface area (Å²) in [5.41, 5.74) is 0. The summed E-state index contributed by atoms with van der Waals surface area (Å²) >= 11 is 0. The van der Waals surface area contributed by atoms with Crippen molar-refractivity contribution >= 4 is 11.6 Å². The molecule has 1 atom stereocenters. The minimum atomic E-state index is -0.280. The molecule has 0 heterocycles. The van der Waals surface area contributed by atoms with Crippen LogP contribution in [0.25, 0.3) is 0 Å². The molecule has 0 aliphatic carbocycles. The number of ketones is 2. The fourth-order valence-corrected chi connectivity index (χ4v) is 0.911. The van der Waals surface area contributed by atoms with Crippen LogP contribution in [0.4, 0.5) is 0 Å². The molecule has 0 amide bonds. The zero-order valence-electron chi connectivity index (χ0n) is 7.31. The summed E-state index contributed by atoms with van der Waals surface area (Å²) in [6.07, 6.45) is 0.794. The average Bonchev–Trinajstić information content (AvgIpc) is 1.98. The molecule has 0 aliphatic heterocycles. The van der Waals surface area contributed by atoms with Crippen LogP contribution in [0, 0.1) is 0 Å². The van der Waals surface area contributed by atoms with Crippen LogP contribution in [-0.2, 0) is 9.59 Å². The molecule has 0 fully saturated rings. The van der Waals surface area contributed by atoms with Gasteiger partial charge in [0, 0.05) is 12.8 Å². The van der Waals surface area contributed by atoms with Crippen LogP contribution in [-0.4, -0.2) is 24.7 Å². The maximum atomic E-state index is 11.1. The van der Waals surface area contributed by atoms with Gasteiger partial charge in [-0.05, 0) is 14.0 Å². The van der Waals surface area contributed by atoms with Crippen molar-refractivity contribution in [2.75, 3.05) is 7.05 Å². The zero-order chi connectivity index (χ0) is 8.85. The number of likely N-dealkylation sites (N-methyl/N-ethyl adjacent to an activating group) is 1. The summed E-state index contributed by atoms with van der Waals surface area (Å²) in [5.74, 6) is 0.147. The number of Topliss-reactive ketones (excluding diaryl/α,β-unsaturated/α-hetero) is 2. The Kier molecular flexibility index (Phi) is 4.70. The summed E-state index contributed by atoms with van der Waals surface area (Å²) in [7, 11) is 1.70. The van der Waals surface area contributed by atoms with E-state index in [0.29, 0.717) is 12.8 Å². The summed E-state index contributed by atoms with van der Waals surface area (Å²) in [6.45, 7) is 3.29. The van der Waals surface area contributed by atoms with E-state index in [0.717, 1.165) is 0 Å². The molecule has 3 heteroatoms. The third-order valence-electron chi connectivity index (χ3n) is 1.58. The highest BCUT2D eigenvalue weighted by Crippen LogP contribution is 1.97. The first-order valence-corrected chi connectivity index (χ1v) is 3.81. The molecule has 0 spiro atoms. The quantitative estimate of drug-likeness (QED) is 0.633. The van der Waals surface area contributed by atoms with Crippen molar-refractivity contribution in [3.8, 4) is 0 Å². The van der Waals surface area contributed by atoms with E-state index in [-0.39, 0.29) is 17.6 Å². The van der Waals surface area contributed by atoms with Crippen LogP contribution in [0.1, 0.15) is 26.7 Å². The van der Waals surface area contributed by atoms with Crippen molar-refractivity contribution in [3.05, 3.63) is 0 Å². The summed E-state index contributed by atoms with van der Waals surface area (Å²) < 4.78 is 0. The van der Waals surface area contributed by atoms with Crippen LogP contribution < -0.4 is 5.32 Å². The van der Waals surface area contributed by atoms with Crippen LogP contribution in [0.5, 0.6) is 0 Å². The zero-order valence-corrected chi connectivity index (χ0v) is 7.31. The van der Waals surface area contributed by atoms with E-state index in [1.54, 1.807) is 14.0 Å². The van der Waals surface area contributed by atoms with Crippen molar-refractivity contribution in [2.24, 2.45) is 0 Å². The molecule has 0 radical (unpaired) electrons. The predicted molar refractivity (Wildman–Crippen MR) is 43.4 cm³/mol. The normalized spacial score (nSPS) is 12.6. The third-order valence-corrected chi connectivity index (χ3v) is 1.58. The molecule has 0 saturated carbocycles. The summed E-state index contributed by atoms with van der Waals surface area (Å²) in [5, 5.41) is 2.81. The number of carbonyl (C=O) groups is 2. The third kappa shape index (κ3) is 3.88. The van der Waals surface area contributed by atoms with E-state index in [1.165, 1.54) is 6.92 Å². The second-order valence-corrected chi connectivity index (χ2v) is 2.57. The standard InChI is InChI=1S/C8H15NO2/c1-4-8(11)7(9-3)5-6(2)10/h7,9H,4-5H2,1-3H3/t7-/m0/s1. The van der Waals surface area contributed by atoms with Crippen LogP contribution in [0.2, 0.25) is 0 Å². The Hall–Kier alpha value is -0.700. The van der Waals surface area contributed by atoms with Gasteiger partial charge in [0.15, 0.2) is 0 Å². The molecule has 0 bridgehead atoms. The van der Waals surface area contributed by atoms with E-state index in [4.69, 9.17) is 0 Å². The fourth-order valence-electron chi connectivity index (χ4n) is 0.911. The minimum Gasteiger partial charge on any atom is -0.310 e. The van der Waals surface area contributed by atoms with Crippen molar-refractivity contribution in [1.29, 1.82) is 0 Å². The van der Waals surface area contributed by atoms with Crippen molar-refractivity contribution < 1.29 is 9.59 Å². The predicted octanol–water partition coefficient (Wildman–Crippen LogP) is 0.533. The first kappa shape index (κ1) is 10.3. The molecule has 0 rings (SSSR count). The van der Waals surface area contributed by atoms with E-state index in [9.17, 15) is 9.59 Å². The Bertz CT molecular complexity index is 154. The molecule has 0 aliphatic rings. The van der Waals surface area contributed by atoms with Gasteiger partial charge in [-0.3, -0.25) is 9.59 Å². The van der Waals surface area contributed by atoms with Gasteiger partial charge in [0.05, 0.1) is 6.04 Å². The minimum absolute atomic E-state index is 0.0474. The van der Waals surface area contributed by atoms with Crippen molar-refractivity contribution in [3.63, 3.8) is 0 Å². The molecule has 1 N–H and O–H groups in total. The maximum Gasteiger partial charge on any atom is 0.149 e. The van der Waals surface area contributed by atoms with Crippen LogP contribution >= 0.6 is 0 Å². The number of rotatable bonds is 5. The molecule has 0 aromatic carbocycles. The van der Waals surface area contributed by atoms with E-state index < -0.39 is 0 Å². The van der Waals surface area contributed by atoms with Crippen LogP contribution in [0.3, 0.4) is 0 Å². The number of carbonyl (C=O) groups excluding carboxylic acids is 2. The molecule has 64 valence electrons. The Morgan fingerprint density at radius 2 is 2.00 bits per heavy atom. The van der Waals surface area contributed by atoms with E-state index in [1.807, 2.05) is 0 Å². The Morgan fingerprint density at radius 3 is 2.27 bits per heavy atom. The molecule has 0 saturated heterocycles. The lowest BCUT2D eigenvalue weighted by Gasteiger charge is -2.10. The molecular formula is C8H15NO2. The fraction of sp³-hybridized carbons (Fsp3) is 0.750. The SMILES string of the molecule is CCC(=O)[C@H](CC(C)=O)NC. The van der Waals surface area contributed by atoms with Gasteiger partial charge in [0.25, 0.3) is 0 Å². The Labute approximate surface area is 67.2 Å². The molecule has 11 heavy (non-hydrogen) atoms. The summed E-state index contributed by atoms with van der Waals surface area (Å²) in [4.78, 5) is 21.7. The Morgan fingerprint density at radius 1 is 1.45 bits per heavy atom. The molecule has 0 aromatic rings. The molecular weight excluding hydrogens is 142 g/mol. The molecule has 0 aromatic heterocycles. The van der Waals surface area contributed by atoms with Gasteiger partial charge in [-0.15, -0.1) is 0 Å². The molecule has 0 unspecified atom stereocenters. The average molecular weight is 157 g/mol. The van der Waals surface area contributed by atoms with E-state index in [2.05, 4.69) is 5.32 Å². The van der Waals surface area contributed by atoms with E-state index >= 15 is 0 Å². The van der Waals surface area contributed by atoms with Crippen molar-refractivity contribution in [2.45, 2.75) is 32.7 Å². The lowest BCUT2D eigenvalue weighted by atomic mass is 10.1. The first-order chi connectivity index (χ1) is 5.11. The van der Waals surface area contributed by atoms with Gasteiger partial charge >= 0.3 is 0 Å².